The molecule has 2 aliphatic rings. The van der Waals surface area contributed by atoms with Crippen LogP contribution in [-0.2, 0) is 22.6 Å². The Balaban J connectivity index is 1.25. The maximum absolute atomic E-state index is 12.5. The highest BCUT2D eigenvalue weighted by Gasteiger charge is 2.35. The van der Waals surface area contributed by atoms with E-state index in [0.717, 1.165) is 37.5 Å². The molecule has 1 aromatic carbocycles. The first kappa shape index (κ1) is 19.0. The largest absolute Gasteiger partial charge is 0.497 e. The Morgan fingerprint density at radius 2 is 2.11 bits per heavy atom. The Bertz CT molecular complexity index is 849. The zero-order valence-electron chi connectivity index (χ0n) is 16.0. The topological polar surface area (TPSA) is 61.9 Å². The van der Waals surface area contributed by atoms with Crippen LogP contribution in [0.15, 0.2) is 35.7 Å². The van der Waals surface area contributed by atoms with E-state index in [1.165, 1.54) is 10.4 Å². The summed E-state index contributed by atoms with van der Waals surface area (Å²) in [6.07, 6.45) is 1.36. The van der Waals surface area contributed by atoms with Crippen LogP contribution in [0.25, 0.3) is 0 Å². The highest BCUT2D eigenvalue weighted by molar-refractivity contribution is 7.10. The normalized spacial score (nSPS) is 19.5. The van der Waals surface area contributed by atoms with Crippen LogP contribution >= 0.6 is 11.3 Å². The van der Waals surface area contributed by atoms with E-state index in [0.29, 0.717) is 13.1 Å². The first-order chi connectivity index (χ1) is 13.6. The minimum atomic E-state index is -0.292. The number of ether oxygens (including phenoxy) is 1. The highest BCUT2D eigenvalue weighted by Crippen LogP contribution is 2.27. The zero-order valence-corrected chi connectivity index (χ0v) is 16.8. The van der Waals surface area contributed by atoms with Crippen molar-refractivity contribution in [2.24, 2.45) is 5.92 Å². The molecule has 1 aromatic heterocycles. The van der Waals surface area contributed by atoms with Gasteiger partial charge in [0.1, 0.15) is 5.75 Å². The fourth-order valence-electron chi connectivity index (χ4n) is 3.87. The van der Waals surface area contributed by atoms with E-state index < -0.39 is 0 Å². The summed E-state index contributed by atoms with van der Waals surface area (Å²) in [6, 6.07) is 9.56. The average molecular weight is 400 g/mol. The van der Waals surface area contributed by atoms with Gasteiger partial charge in [-0.25, -0.2) is 0 Å². The van der Waals surface area contributed by atoms with Crippen molar-refractivity contribution in [2.75, 3.05) is 38.2 Å². The molecule has 0 spiro atoms. The van der Waals surface area contributed by atoms with Crippen molar-refractivity contribution in [1.82, 2.24) is 10.2 Å². The molecule has 2 aliphatic heterocycles. The summed E-state index contributed by atoms with van der Waals surface area (Å²) in [5.41, 5.74) is 2.22. The third-order valence-corrected chi connectivity index (χ3v) is 6.52. The number of nitrogens with one attached hydrogen (secondary N) is 1. The lowest BCUT2D eigenvalue weighted by molar-refractivity contribution is -0.126. The quantitative estimate of drug-likeness (QED) is 0.810. The summed E-state index contributed by atoms with van der Waals surface area (Å²) in [7, 11) is 1.61. The maximum atomic E-state index is 12.5. The van der Waals surface area contributed by atoms with E-state index in [9.17, 15) is 9.59 Å². The highest BCUT2D eigenvalue weighted by atomic mass is 32.1. The van der Waals surface area contributed by atoms with Gasteiger partial charge in [-0.1, -0.05) is 0 Å². The van der Waals surface area contributed by atoms with Crippen molar-refractivity contribution in [3.05, 3.63) is 46.2 Å². The van der Waals surface area contributed by atoms with Gasteiger partial charge in [0.25, 0.3) is 0 Å². The molecule has 7 heteroatoms. The second-order valence-corrected chi connectivity index (χ2v) is 8.29. The molecule has 6 nitrogen and oxygen atoms in total. The van der Waals surface area contributed by atoms with Gasteiger partial charge >= 0.3 is 0 Å². The Morgan fingerprint density at radius 3 is 2.89 bits per heavy atom. The summed E-state index contributed by atoms with van der Waals surface area (Å²) in [5, 5.41) is 5.18. The first-order valence-electron chi connectivity index (χ1n) is 9.64. The molecule has 1 unspecified atom stereocenters. The number of anilines is 1. The number of carbonyl (C=O) groups excluding carboxylic acids is 2. The monoisotopic (exact) mass is 399 g/mol. The van der Waals surface area contributed by atoms with Crippen LogP contribution in [0, 0.1) is 5.92 Å². The van der Waals surface area contributed by atoms with Crippen LogP contribution in [0.2, 0.25) is 0 Å². The number of benzene rings is 1. The first-order valence-corrected chi connectivity index (χ1v) is 10.5. The lowest BCUT2D eigenvalue weighted by Crippen LogP contribution is -2.40. The molecule has 1 atom stereocenters. The number of nitrogens with zero attached hydrogens (tertiary/aromatic N) is 2. The van der Waals surface area contributed by atoms with Gasteiger partial charge in [-0.3, -0.25) is 14.5 Å². The lowest BCUT2D eigenvalue weighted by Gasteiger charge is -2.26. The molecule has 0 saturated carbocycles. The fraction of sp³-hybridized carbons (Fsp3) is 0.429. The SMILES string of the molecule is COc1ccc(N2CC(C(=O)NCCN3CCc4sccc4C3)CC2=O)cc1. The lowest BCUT2D eigenvalue weighted by atomic mass is 10.1. The number of carbonyl (C=O) groups is 2. The molecule has 1 fully saturated rings. The number of hydrogen-bond acceptors (Lipinski definition) is 5. The van der Waals surface area contributed by atoms with E-state index in [-0.39, 0.29) is 24.2 Å². The number of fused-ring (bicyclic) bond motifs is 1. The van der Waals surface area contributed by atoms with Crippen molar-refractivity contribution in [3.8, 4) is 5.75 Å². The predicted molar refractivity (Wildman–Crippen MR) is 110 cm³/mol. The van der Waals surface area contributed by atoms with Gasteiger partial charge in [-0.05, 0) is 47.7 Å². The van der Waals surface area contributed by atoms with Crippen molar-refractivity contribution in [1.29, 1.82) is 0 Å². The van der Waals surface area contributed by atoms with Gasteiger partial charge in [0.05, 0.1) is 13.0 Å². The number of methoxy groups -OCH3 is 1. The molecule has 2 amide bonds. The molecular formula is C21H25N3O3S. The van der Waals surface area contributed by atoms with Gasteiger partial charge in [0.2, 0.25) is 11.8 Å². The summed E-state index contributed by atoms with van der Waals surface area (Å²) >= 11 is 1.83. The van der Waals surface area contributed by atoms with Crippen molar-refractivity contribution < 1.29 is 14.3 Å². The Morgan fingerprint density at radius 1 is 1.29 bits per heavy atom. The number of rotatable bonds is 6. The summed E-state index contributed by atoms with van der Waals surface area (Å²) in [6.45, 7) is 3.88. The Hall–Kier alpha value is -2.38. The Labute approximate surface area is 169 Å². The van der Waals surface area contributed by atoms with Crippen LogP contribution in [0.4, 0.5) is 5.69 Å². The van der Waals surface area contributed by atoms with Gasteiger partial charge in [0.15, 0.2) is 0 Å². The second kappa shape index (κ2) is 8.32. The van der Waals surface area contributed by atoms with Crippen LogP contribution in [0.1, 0.15) is 16.9 Å². The molecule has 4 rings (SSSR count). The molecular weight excluding hydrogens is 374 g/mol. The van der Waals surface area contributed by atoms with Gasteiger partial charge < -0.3 is 15.0 Å². The Kier molecular flexibility index (Phi) is 5.64. The summed E-state index contributed by atoms with van der Waals surface area (Å²) in [5.74, 6) is 0.417. The fourth-order valence-corrected chi connectivity index (χ4v) is 4.76. The van der Waals surface area contributed by atoms with Crippen LogP contribution in [-0.4, -0.2) is 50.0 Å². The number of hydrogen-bond donors (Lipinski definition) is 1. The van der Waals surface area contributed by atoms with Crippen molar-refractivity contribution in [2.45, 2.75) is 19.4 Å². The third kappa shape index (κ3) is 4.05. The molecule has 3 heterocycles. The molecule has 0 aliphatic carbocycles. The molecule has 28 heavy (non-hydrogen) atoms. The van der Waals surface area contributed by atoms with Crippen molar-refractivity contribution >= 4 is 28.8 Å². The summed E-state index contributed by atoms with van der Waals surface area (Å²) in [4.78, 5) is 30.5. The van der Waals surface area contributed by atoms with Crippen LogP contribution < -0.4 is 15.0 Å². The minimum Gasteiger partial charge on any atom is -0.497 e. The molecule has 0 bridgehead atoms. The van der Waals surface area contributed by atoms with Gasteiger partial charge in [-0.15, -0.1) is 11.3 Å². The van der Waals surface area contributed by atoms with E-state index in [1.807, 2.05) is 35.6 Å². The smallest absolute Gasteiger partial charge is 0.227 e. The van der Waals surface area contributed by atoms with E-state index in [1.54, 1.807) is 12.0 Å². The number of amides is 2. The zero-order chi connectivity index (χ0) is 19.5. The molecule has 148 valence electrons. The summed E-state index contributed by atoms with van der Waals surface area (Å²) < 4.78 is 5.16. The van der Waals surface area contributed by atoms with Gasteiger partial charge in [-0.2, -0.15) is 0 Å². The molecule has 0 radical (unpaired) electrons. The molecule has 1 saturated heterocycles. The molecule has 2 aromatic rings. The van der Waals surface area contributed by atoms with Crippen molar-refractivity contribution in [3.63, 3.8) is 0 Å². The average Bonchev–Trinajstić information content (AvgIpc) is 3.34. The molecule has 1 N–H and O–H groups in total. The predicted octanol–water partition coefficient (Wildman–Crippen LogP) is 2.28. The second-order valence-electron chi connectivity index (χ2n) is 7.29. The third-order valence-electron chi connectivity index (χ3n) is 5.49. The van der Waals surface area contributed by atoms with Crippen LogP contribution in [0.3, 0.4) is 0 Å². The van der Waals surface area contributed by atoms with Gasteiger partial charge in [0, 0.05) is 49.7 Å². The van der Waals surface area contributed by atoms with E-state index in [2.05, 4.69) is 21.7 Å². The number of thiophene rings is 1. The van der Waals surface area contributed by atoms with Crippen LogP contribution in [0.5, 0.6) is 5.75 Å². The van der Waals surface area contributed by atoms with E-state index >= 15 is 0 Å². The minimum absolute atomic E-state index is 0.00802. The standard InChI is InChI=1S/C21H25N3O3S/c1-27-18-4-2-17(3-5-18)24-14-16(12-20(24)25)21(26)22-8-10-23-9-6-19-15(13-23)7-11-28-19/h2-5,7,11,16H,6,8-10,12-14H2,1H3,(H,22,26). The maximum Gasteiger partial charge on any atom is 0.227 e. The van der Waals surface area contributed by atoms with E-state index in [4.69, 9.17) is 4.74 Å².